The van der Waals surface area contributed by atoms with E-state index in [2.05, 4.69) is 159 Å². The molecule has 0 spiro atoms. The molecule has 0 aromatic carbocycles. The van der Waals surface area contributed by atoms with Crippen LogP contribution in [-0.2, 0) is 52.4 Å². The average Bonchev–Trinajstić information content (AvgIpc) is 1.59. The zero-order valence-electron chi connectivity index (χ0n) is 82.7. The van der Waals surface area contributed by atoms with Crippen LogP contribution in [0.1, 0.15) is 193 Å². The summed E-state index contributed by atoms with van der Waals surface area (Å²) in [5, 5.41) is 24.1. The van der Waals surface area contributed by atoms with Crippen LogP contribution in [0.4, 0.5) is 45.0 Å². The summed E-state index contributed by atoms with van der Waals surface area (Å²) in [7, 11) is 0. The van der Waals surface area contributed by atoms with Gasteiger partial charge in [0.15, 0.2) is 34.9 Å². The normalized spacial score (nSPS) is 23.0. The first-order valence-corrected chi connectivity index (χ1v) is 47.4. The lowest BCUT2D eigenvalue weighted by atomic mass is 9.92. The van der Waals surface area contributed by atoms with E-state index in [1.807, 2.05) is 33.4 Å². The topological polar surface area (TPSA) is 409 Å². The van der Waals surface area contributed by atoms with Crippen LogP contribution in [0, 0.1) is 61.9 Å². The van der Waals surface area contributed by atoms with Crippen LogP contribution in [0.15, 0.2) is 79.2 Å². The van der Waals surface area contributed by atoms with Crippen LogP contribution in [-0.4, -0.2) is 342 Å². The number of piperazine rings is 2. The number of anilines is 3. The molecule has 5 N–H and O–H groups in total. The van der Waals surface area contributed by atoms with Gasteiger partial charge in [0.1, 0.15) is 35.0 Å². The van der Waals surface area contributed by atoms with Gasteiger partial charge in [-0.15, -0.1) is 0 Å². The van der Waals surface area contributed by atoms with Crippen LogP contribution in [0.25, 0.3) is 0 Å². The fraction of sp³-hybridized carbons (Fsp3) is 0.674. The number of amides is 5. The molecular weight excluding hydrogens is 1770 g/mol. The third-order valence-electron chi connectivity index (χ3n) is 26.2. The number of likely N-dealkylation sites (tertiary alicyclic amines) is 1. The minimum Gasteiger partial charge on any atom is -0.478 e. The van der Waals surface area contributed by atoms with Gasteiger partial charge in [0.25, 0.3) is 0 Å². The first-order chi connectivity index (χ1) is 63.8. The van der Waals surface area contributed by atoms with Crippen molar-refractivity contribution in [1.82, 2.24) is 69.1 Å². The summed E-state index contributed by atoms with van der Waals surface area (Å²) in [6, 6.07) is 1.80. The third kappa shape index (κ3) is 31.2. The Labute approximate surface area is 797 Å². The number of urea groups is 2. The lowest BCUT2D eigenvalue weighted by Crippen LogP contribution is -2.63. The zero-order chi connectivity index (χ0) is 99.5. The number of rotatable bonds is 14. The lowest BCUT2D eigenvalue weighted by molar-refractivity contribution is -0.141. The molecular formula is C95H144ClF3N20O16. The van der Waals surface area contributed by atoms with Gasteiger partial charge in [-0.25, -0.2) is 62.3 Å². The number of piperidine rings is 1. The van der Waals surface area contributed by atoms with E-state index in [-0.39, 0.29) is 59.5 Å². The number of aromatic nitrogens is 6. The van der Waals surface area contributed by atoms with Crippen molar-refractivity contribution >= 4 is 93.8 Å². The van der Waals surface area contributed by atoms with E-state index in [4.69, 9.17) is 36.0 Å². The highest BCUT2D eigenvalue weighted by Gasteiger charge is 2.51. The van der Waals surface area contributed by atoms with Gasteiger partial charge in [0, 0.05) is 172 Å². The van der Waals surface area contributed by atoms with Crippen molar-refractivity contribution < 1.29 is 90.2 Å². The number of carboxylic acid groups (broad SMARTS) is 2. The molecule has 40 heteroatoms. The molecule has 0 radical (unpaired) electrons. The summed E-state index contributed by atoms with van der Waals surface area (Å²) in [5.74, 6) is 1.84. The quantitative estimate of drug-likeness (QED) is 0.0329. The minimum absolute atomic E-state index is 0.0582. The highest BCUT2D eigenvalue weighted by atomic mass is 35.5. The fourth-order valence-corrected chi connectivity index (χ4v) is 18.6. The molecule has 6 saturated heterocycles. The maximum absolute atomic E-state index is 14.3. The number of esters is 3. The van der Waals surface area contributed by atoms with Gasteiger partial charge in [0.05, 0.1) is 94.3 Å². The molecule has 0 saturated carbocycles. The number of aryl methyl sites for hydroxylation is 3. The number of hydrogen-bond donors (Lipinski definition) is 5. The van der Waals surface area contributed by atoms with Gasteiger partial charge in [-0.2, -0.15) is 0 Å². The number of nitrogens with one attached hydrogen (secondary N) is 3. The van der Waals surface area contributed by atoms with Crippen molar-refractivity contribution in [2.75, 3.05) is 167 Å². The molecule has 15 rings (SSSR count). The number of hydrogen-bond acceptors (Lipinski definition) is 29. The lowest BCUT2D eigenvalue weighted by Gasteiger charge is -2.48. The molecule has 135 heavy (non-hydrogen) atoms. The smallest absolute Gasteiger partial charge is 0.328 e. The Morgan fingerprint density at radius 1 is 0.437 bits per heavy atom. The number of carbonyl (C=O) groups is 8. The van der Waals surface area contributed by atoms with Crippen LogP contribution in [0.2, 0.25) is 0 Å². The van der Waals surface area contributed by atoms with E-state index in [1.54, 1.807) is 46.4 Å². The second kappa shape index (κ2) is 51.3. The molecule has 0 unspecified atom stereocenters. The summed E-state index contributed by atoms with van der Waals surface area (Å²) in [5.41, 5.74) is 4.56. The van der Waals surface area contributed by atoms with Crippen molar-refractivity contribution in [3.63, 3.8) is 0 Å². The molecule has 6 fully saturated rings. The van der Waals surface area contributed by atoms with Gasteiger partial charge in [0.2, 0.25) is 0 Å². The number of carbonyl (C=O) groups excluding carboxylic acids is 6. The van der Waals surface area contributed by atoms with E-state index in [1.165, 1.54) is 59.5 Å². The Bertz CT molecular complexity index is 4600. The van der Waals surface area contributed by atoms with Gasteiger partial charge >= 0.3 is 47.3 Å². The van der Waals surface area contributed by atoms with Crippen molar-refractivity contribution in [3.05, 3.63) is 99.1 Å². The van der Waals surface area contributed by atoms with Gasteiger partial charge in [-0.1, -0.05) is 6.92 Å². The number of aliphatic imine (C=N–C) groups is 3. The van der Waals surface area contributed by atoms with Crippen LogP contribution in [0.3, 0.4) is 0 Å². The highest BCUT2D eigenvalue weighted by molar-refractivity contribution is 6.63. The number of carboxylic acids is 2. The van der Waals surface area contributed by atoms with Crippen LogP contribution < -0.4 is 16.0 Å². The standard InChI is InChI=1S/2C26H38FN7O2.C14H15ClFN5O.C13H25NO.C4H4O4.3C4H8O2/c2*1-16-13-33(17(2)12-32(16)14-19-6-8-36-9-7-19)25(35)34-15-20-21(26(34,4)5)10-29-23(20)31-24-22(27)11-28-18(3)30-24;1-7-17-5-10(16)12(19-7)20-11-8-6-21(13(15)22)14(2,3)9(8)4-18-11;1-11-3-4-12(2)14(9-11)10-13-5-7-15-8-6-13;5-3(6)1-2-4(7)8;3*1-3-6-4(2)5/h2*11,16-17,19H,6-10,12-15H2,1-5H3,(H,28,29,30,31);5H,4,6H2,1-3H3,(H,17,18,19,20);11-13H,3-10H2,1-2H3;1-2H,(H,5,6)(H,7,8);3*3H2,1-2H3/b;;;;2-1-;;;/t2*16-,17+;;11-,12-;;;;/m11.1..../s1. The second-order valence-corrected chi connectivity index (χ2v) is 37.7. The maximum atomic E-state index is 14.3. The Hall–Kier alpha value is -10.2. The van der Waals surface area contributed by atoms with E-state index in [9.17, 15) is 51.5 Å². The zero-order valence-corrected chi connectivity index (χ0v) is 83.5. The number of halogens is 4. The Morgan fingerprint density at radius 2 is 0.726 bits per heavy atom. The largest absolute Gasteiger partial charge is 0.478 e. The molecule has 5 amide bonds. The van der Waals surface area contributed by atoms with E-state index < -0.39 is 51.4 Å². The highest BCUT2D eigenvalue weighted by Crippen LogP contribution is 2.43. The SMILES string of the molecule is CCOC(C)=O.CCOC(C)=O.CCOC(C)=O.C[C@@H]1CC[C@@H](C)N(CC2CCOCC2)C1.Cc1ncc(F)c(NC2=NCC3=C2CN(C(=O)Cl)C3(C)C)n1.Cc1ncc(F)c(NC2=NCC3=C2CN(C(=O)N2C[C@@H](C)N(CC4CCOCC4)C[C@@H]2C)C3(C)C)n1.Cc1ncc(F)c(NC2=NCC3=C2CN(C(=O)N2C[C@@H](C)N(CC4CCOCC4)C[C@@H]2C)C3(C)C)n1.O=C(O)/C=C\C(=O)O. The number of ether oxygens (including phenoxy) is 6. The summed E-state index contributed by atoms with van der Waals surface area (Å²) < 4.78 is 72.0. The van der Waals surface area contributed by atoms with Crippen LogP contribution >= 0.6 is 11.6 Å². The van der Waals surface area contributed by atoms with Gasteiger partial charge in [-0.3, -0.25) is 44.0 Å². The summed E-state index contributed by atoms with van der Waals surface area (Å²) in [4.78, 5) is 143. The van der Waals surface area contributed by atoms with Crippen molar-refractivity contribution in [3.8, 4) is 0 Å². The number of aliphatic carboxylic acids is 2. The van der Waals surface area contributed by atoms with Crippen LogP contribution in [0.5, 0.6) is 0 Å². The Morgan fingerprint density at radius 3 is 1.00 bits per heavy atom. The molecule has 12 aliphatic rings. The summed E-state index contributed by atoms with van der Waals surface area (Å²) in [6.07, 6.45) is 14.4. The predicted octanol–water partition coefficient (Wildman–Crippen LogP) is 12.6. The molecule has 0 aliphatic carbocycles. The molecule has 0 bridgehead atoms. The molecule has 3 aromatic heterocycles. The molecule has 748 valence electrons. The summed E-state index contributed by atoms with van der Waals surface area (Å²) >= 11 is 5.65. The fourth-order valence-electron chi connectivity index (χ4n) is 18.4. The van der Waals surface area contributed by atoms with Crippen molar-refractivity contribution in [2.24, 2.45) is 38.6 Å². The van der Waals surface area contributed by atoms with Crippen molar-refractivity contribution in [2.45, 2.75) is 244 Å². The number of amidine groups is 3. The predicted molar refractivity (Wildman–Crippen MR) is 509 cm³/mol. The Kier molecular flexibility index (Phi) is 41.8. The molecule has 3 aromatic rings. The first-order valence-electron chi connectivity index (χ1n) is 47.0. The molecule has 15 heterocycles. The van der Waals surface area contributed by atoms with Gasteiger partial charge in [-0.05, 0) is 221 Å². The monoisotopic (exact) mass is 1910 g/mol. The molecule has 6 atom stereocenters. The molecule has 12 aliphatic heterocycles. The first kappa shape index (κ1) is 110. The average molecular weight is 1910 g/mol. The van der Waals surface area contributed by atoms with E-state index in [0.29, 0.717) is 143 Å². The van der Waals surface area contributed by atoms with Gasteiger partial charge < -0.3 is 84.0 Å². The van der Waals surface area contributed by atoms with E-state index in [0.717, 1.165) is 161 Å². The molecule has 36 nitrogen and oxygen atoms in total. The third-order valence-corrected chi connectivity index (χ3v) is 26.4. The second-order valence-electron chi connectivity index (χ2n) is 37.4. The van der Waals surface area contributed by atoms with E-state index >= 15 is 0 Å². The summed E-state index contributed by atoms with van der Waals surface area (Å²) in [6.45, 7) is 57.9. The van der Waals surface area contributed by atoms with Crippen molar-refractivity contribution in [1.29, 1.82) is 0 Å². The minimum atomic E-state index is -1.26. The number of nitrogens with zero attached hydrogens (tertiary/aromatic N) is 17. The maximum Gasteiger partial charge on any atom is 0.328 e. The Balaban J connectivity index is 0.000000209.